The standard InChI is InChI=1S/C31H42BrNO5/c1-9-37-25-13-19(12-20(32)29(25)38-18(2)3)26-27-21(14-30(4,5)16-23(27)34)33(10-11-36-8)22-15-31(6,7)17-24(35)28(22)26/h12-13,18,26H,9-11,14-17H2,1-8H3. The number of hydrogen-bond acceptors (Lipinski definition) is 6. The van der Waals surface area contributed by atoms with Crippen molar-refractivity contribution < 1.29 is 23.8 Å². The zero-order valence-electron chi connectivity index (χ0n) is 24.1. The molecule has 208 valence electrons. The average Bonchev–Trinajstić information content (AvgIpc) is 2.77. The Morgan fingerprint density at radius 1 is 0.974 bits per heavy atom. The molecule has 1 aromatic rings. The quantitative estimate of drug-likeness (QED) is 0.327. The number of allylic oxidation sites excluding steroid dienone is 4. The molecule has 0 radical (unpaired) electrons. The van der Waals surface area contributed by atoms with Crippen LogP contribution < -0.4 is 9.47 Å². The molecule has 0 bridgehead atoms. The molecule has 6 nitrogen and oxygen atoms in total. The van der Waals surface area contributed by atoms with Crippen molar-refractivity contribution in [3.63, 3.8) is 0 Å². The molecule has 0 unspecified atom stereocenters. The number of halogens is 1. The maximum atomic E-state index is 13.9. The highest BCUT2D eigenvalue weighted by molar-refractivity contribution is 9.10. The summed E-state index contributed by atoms with van der Waals surface area (Å²) in [5, 5.41) is 0. The van der Waals surface area contributed by atoms with E-state index in [-0.39, 0.29) is 28.5 Å². The molecule has 4 rings (SSSR count). The molecule has 38 heavy (non-hydrogen) atoms. The number of carbonyl (C=O) groups excluding carboxylic acids is 2. The van der Waals surface area contributed by atoms with Crippen LogP contribution in [-0.4, -0.2) is 49.4 Å². The van der Waals surface area contributed by atoms with Crippen LogP contribution in [0, 0.1) is 10.8 Å². The minimum absolute atomic E-state index is 0.0340. The third kappa shape index (κ3) is 5.60. The summed E-state index contributed by atoms with van der Waals surface area (Å²) in [6.45, 7) is 16.1. The number of carbonyl (C=O) groups is 2. The molecular weight excluding hydrogens is 546 g/mol. The number of ketones is 2. The lowest BCUT2D eigenvalue weighted by Crippen LogP contribution is -2.45. The molecule has 1 heterocycles. The predicted octanol–water partition coefficient (Wildman–Crippen LogP) is 6.97. The predicted molar refractivity (Wildman–Crippen MR) is 152 cm³/mol. The Balaban J connectivity index is 1.99. The Labute approximate surface area is 235 Å². The van der Waals surface area contributed by atoms with E-state index in [2.05, 4.69) is 48.5 Å². The number of benzene rings is 1. The van der Waals surface area contributed by atoms with Crippen LogP contribution in [0.4, 0.5) is 0 Å². The highest BCUT2D eigenvalue weighted by Gasteiger charge is 2.49. The van der Waals surface area contributed by atoms with Crippen molar-refractivity contribution in [2.75, 3.05) is 26.9 Å². The maximum absolute atomic E-state index is 13.9. The molecule has 0 N–H and O–H groups in total. The smallest absolute Gasteiger partial charge is 0.175 e. The lowest BCUT2D eigenvalue weighted by atomic mass is 9.63. The SMILES string of the molecule is CCOc1cc(C2C3=C(CC(C)(C)CC3=O)N(CCOC)C3=C2C(=O)CC(C)(C)C3)cc(Br)c1OC(C)C. The molecule has 0 saturated carbocycles. The maximum Gasteiger partial charge on any atom is 0.175 e. The first-order valence-electron chi connectivity index (χ1n) is 13.7. The van der Waals surface area contributed by atoms with Gasteiger partial charge in [0.2, 0.25) is 0 Å². The van der Waals surface area contributed by atoms with Gasteiger partial charge in [-0.3, -0.25) is 9.59 Å². The highest BCUT2D eigenvalue weighted by Crippen LogP contribution is 2.55. The fourth-order valence-corrected chi connectivity index (χ4v) is 6.75. The van der Waals surface area contributed by atoms with Crippen molar-refractivity contribution in [2.45, 2.75) is 86.2 Å². The Morgan fingerprint density at radius 2 is 1.53 bits per heavy atom. The number of Topliss-reactive ketones (excluding diaryl/α,β-unsaturated/α-hetero) is 2. The minimum Gasteiger partial charge on any atom is -0.490 e. The summed E-state index contributed by atoms with van der Waals surface area (Å²) in [6, 6.07) is 3.97. The summed E-state index contributed by atoms with van der Waals surface area (Å²) in [4.78, 5) is 30.1. The molecule has 0 aromatic heterocycles. The number of nitrogens with zero attached hydrogens (tertiary/aromatic N) is 1. The average molecular weight is 589 g/mol. The zero-order chi connectivity index (χ0) is 28.0. The van der Waals surface area contributed by atoms with Gasteiger partial charge in [-0.1, -0.05) is 27.7 Å². The van der Waals surface area contributed by atoms with Gasteiger partial charge in [0.15, 0.2) is 23.1 Å². The van der Waals surface area contributed by atoms with Crippen molar-refractivity contribution in [2.24, 2.45) is 10.8 Å². The molecule has 1 aliphatic heterocycles. The van der Waals surface area contributed by atoms with Gasteiger partial charge in [0.1, 0.15) is 0 Å². The van der Waals surface area contributed by atoms with Gasteiger partial charge >= 0.3 is 0 Å². The lowest BCUT2D eigenvalue weighted by molar-refractivity contribution is -0.119. The van der Waals surface area contributed by atoms with Gasteiger partial charge in [-0.2, -0.15) is 0 Å². The van der Waals surface area contributed by atoms with Crippen molar-refractivity contribution in [3.05, 3.63) is 44.7 Å². The third-order valence-electron chi connectivity index (χ3n) is 7.56. The van der Waals surface area contributed by atoms with E-state index in [9.17, 15) is 9.59 Å². The van der Waals surface area contributed by atoms with E-state index in [1.807, 2.05) is 32.9 Å². The Bertz CT molecular complexity index is 1140. The topological polar surface area (TPSA) is 65.1 Å². The van der Waals surface area contributed by atoms with Crippen LogP contribution in [0.1, 0.15) is 85.6 Å². The van der Waals surface area contributed by atoms with Gasteiger partial charge in [-0.15, -0.1) is 0 Å². The van der Waals surface area contributed by atoms with Crippen LogP contribution in [0.15, 0.2) is 39.1 Å². The van der Waals surface area contributed by atoms with Crippen LogP contribution in [0.5, 0.6) is 11.5 Å². The Morgan fingerprint density at radius 3 is 2.00 bits per heavy atom. The summed E-state index contributed by atoms with van der Waals surface area (Å²) in [5.41, 5.74) is 4.12. The monoisotopic (exact) mass is 587 g/mol. The molecule has 7 heteroatoms. The first-order valence-corrected chi connectivity index (χ1v) is 14.5. The van der Waals surface area contributed by atoms with Crippen molar-refractivity contribution in [1.82, 2.24) is 4.90 Å². The van der Waals surface area contributed by atoms with E-state index in [1.165, 1.54) is 0 Å². The molecule has 3 aliphatic rings. The molecule has 1 aromatic carbocycles. The van der Waals surface area contributed by atoms with Crippen LogP contribution in [0.2, 0.25) is 0 Å². The van der Waals surface area contributed by atoms with Gasteiger partial charge in [0.25, 0.3) is 0 Å². The summed E-state index contributed by atoms with van der Waals surface area (Å²) in [5.74, 6) is 1.05. The number of rotatable bonds is 8. The summed E-state index contributed by atoms with van der Waals surface area (Å²) < 4.78 is 18.4. The van der Waals surface area contributed by atoms with E-state index >= 15 is 0 Å². The first kappa shape index (κ1) is 28.9. The fourth-order valence-electron chi connectivity index (χ4n) is 6.20. The minimum atomic E-state index is -0.436. The fraction of sp³-hybridized carbons (Fsp3) is 0.613. The summed E-state index contributed by atoms with van der Waals surface area (Å²) >= 11 is 3.72. The Hall–Kier alpha value is -2.12. The van der Waals surface area contributed by atoms with Crippen molar-refractivity contribution in [3.8, 4) is 11.5 Å². The molecule has 2 aliphatic carbocycles. The van der Waals surface area contributed by atoms with Gasteiger partial charge in [-0.25, -0.2) is 0 Å². The summed E-state index contributed by atoms with van der Waals surface area (Å²) in [6.07, 6.45) is 2.42. The van der Waals surface area contributed by atoms with Gasteiger partial charge < -0.3 is 19.1 Å². The van der Waals surface area contributed by atoms with Gasteiger partial charge in [0.05, 0.1) is 23.8 Å². The lowest BCUT2D eigenvalue weighted by Gasteiger charge is -2.49. The van der Waals surface area contributed by atoms with Gasteiger partial charge in [-0.05, 0) is 78.1 Å². The molecular formula is C31H42BrNO5. The number of methoxy groups -OCH3 is 1. The zero-order valence-corrected chi connectivity index (χ0v) is 25.7. The van der Waals surface area contributed by atoms with E-state index < -0.39 is 5.92 Å². The van der Waals surface area contributed by atoms with E-state index in [0.717, 1.165) is 45.4 Å². The third-order valence-corrected chi connectivity index (χ3v) is 8.15. The number of ether oxygens (including phenoxy) is 3. The molecule has 0 saturated heterocycles. The second kappa shape index (κ2) is 10.8. The van der Waals surface area contributed by atoms with Crippen LogP contribution in [0.3, 0.4) is 0 Å². The highest BCUT2D eigenvalue weighted by atomic mass is 79.9. The van der Waals surface area contributed by atoms with E-state index in [4.69, 9.17) is 14.2 Å². The molecule has 0 fully saturated rings. The molecule has 0 spiro atoms. The normalized spacial score (nSPS) is 21.2. The molecule has 0 atom stereocenters. The second-order valence-electron chi connectivity index (χ2n) is 12.6. The Kier molecular flexibility index (Phi) is 8.21. The van der Waals surface area contributed by atoms with E-state index in [0.29, 0.717) is 44.1 Å². The van der Waals surface area contributed by atoms with Crippen molar-refractivity contribution in [1.29, 1.82) is 0 Å². The van der Waals surface area contributed by atoms with Crippen LogP contribution >= 0.6 is 15.9 Å². The number of hydrogen-bond donors (Lipinski definition) is 0. The largest absolute Gasteiger partial charge is 0.490 e. The first-order chi connectivity index (χ1) is 17.8. The van der Waals surface area contributed by atoms with Crippen LogP contribution in [-0.2, 0) is 14.3 Å². The van der Waals surface area contributed by atoms with Crippen LogP contribution in [0.25, 0.3) is 0 Å². The van der Waals surface area contributed by atoms with Gasteiger partial charge in [0, 0.05) is 55.0 Å². The second-order valence-corrected chi connectivity index (χ2v) is 13.5. The summed E-state index contributed by atoms with van der Waals surface area (Å²) in [7, 11) is 1.69. The van der Waals surface area contributed by atoms with E-state index in [1.54, 1.807) is 7.11 Å². The molecule has 0 amide bonds. The van der Waals surface area contributed by atoms with Crippen molar-refractivity contribution >= 4 is 27.5 Å².